The van der Waals surface area contributed by atoms with Gasteiger partial charge in [-0.3, -0.25) is 4.79 Å². The average molecular weight is 343 g/mol. The van der Waals surface area contributed by atoms with Crippen LogP contribution in [-0.2, 0) is 14.8 Å². The van der Waals surface area contributed by atoms with E-state index in [1.54, 1.807) is 0 Å². The quantitative estimate of drug-likeness (QED) is 0.859. The first kappa shape index (κ1) is 16.7. The Morgan fingerprint density at radius 3 is 2.82 bits per heavy atom. The largest absolute Gasteiger partial charge is 0.494 e. The van der Waals surface area contributed by atoms with Crippen molar-refractivity contribution in [1.82, 2.24) is 9.29 Å². The lowest BCUT2D eigenvalue weighted by molar-refractivity contribution is -0.116. The number of likely N-dealkylation sites (N-methyl/N-ethyl adjacent to an activating group) is 1. The van der Waals surface area contributed by atoms with Gasteiger partial charge in [-0.05, 0) is 25.1 Å². The molecule has 0 aliphatic heterocycles. The van der Waals surface area contributed by atoms with Gasteiger partial charge in [0, 0.05) is 7.05 Å². The van der Waals surface area contributed by atoms with Gasteiger partial charge in [0.25, 0.3) is 0 Å². The highest BCUT2D eigenvalue weighted by Crippen LogP contribution is 2.29. The maximum absolute atomic E-state index is 11.8. The average Bonchev–Trinajstić information content (AvgIpc) is 2.79. The normalized spacial score (nSPS) is 11.8. The van der Waals surface area contributed by atoms with Gasteiger partial charge in [-0.15, -0.1) is 0 Å². The van der Waals surface area contributed by atoms with E-state index in [0.717, 1.165) is 26.5 Å². The molecule has 9 heteroatoms. The Balaban J connectivity index is 2.10. The number of benzene rings is 1. The molecule has 0 unspecified atom stereocenters. The maximum Gasteiger partial charge on any atom is 0.241 e. The number of rotatable bonds is 6. The van der Waals surface area contributed by atoms with Crippen LogP contribution < -0.4 is 10.1 Å². The third kappa shape index (κ3) is 4.15. The van der Waals surface area contributed by atoms with Crippen molar-refractivity contribution in [3.05, 3.63) is 18.2 Å². The minimum atomic E-state index is -3.39. The summed E-state index contributed by atoms with van der Waals surface area (Å²) in [7, 11) is -2.04. The molecule has 0 spiro atoms. The number of sulfonamides is 1. The number of aromatic nitrogens is 1. The first-order chi connectivity index (χ1) is 10.3. The van der Waals surface area contributed by atoms with Gasteiger partial charge in [-0.25, -0.2) is 13.4 Å². The number of nitrogens with zero attached hydrogens (tertiary/aromatic N) is 2. The number of carbonyl (C=O) groups is 1. The van der Waals surface area contributed by atoms with Gasteiger partial charge in [0.15, 0.2) is 5.13 Å². The van der Waals surface area contributed by atoms with E-state index in [-0.39, 0.29) is 6.54 Å². The summed E-state index contributed by atoms with van der Waals surface area (Å²) in [6.45, 7) is 2.23. The summed E-state index contributed by atoms with van der Waals surface area (Å²) in [6.07, 6.45) is 1.05. The monoisotopic (exact) mass is 343 g/mol. The summed E-state index contributed by atoms with van der Waals surface area (Å²) in [5.41, 5.74) is 0.750. The third-order valence-corrected chi connectivity index (χ3v) is 5.04. The Morgan fingerprint density at radius 1 is 1.45 bits per heavy atom. The lowest BCUT2D eigenvalue weighted by Crippen LogP contribution is -2.34. The van der Waals surface area contributed by atoms with Gasteiger partial charge in [-0.1, -0.05) is 11.3 Å². The number of amides is 1. The molecule has 1 amide bonds. The molecule has 22 heavy (non-hydrogen) atoms. The van der Waals surface area contributed by atoms with Crippen LogP contribution in [0.5, 0.6) is 5.75 Å². The first-order valence-corrected chi connectivity index (χ1v) is 9.20. The topological polar surface area (TPSA) is 88.6 Å². The van der Waals surface area contributed by atoms with Crippen LogP contribution in [0.25, 0.3) is 10.2 Å². The van der Waals surface area contributed by atoms with Crippen LogP contribution in [0.15, 0.2) is 18.2 Å². The zero-order valence-electron chi connectivity index (χ0n) is 12.5. The molecule has 0 aliphatic rings. The minimum Gasteiger partial charge on any atom is -0.494 e. The van der Waals surface area contributed by atoms with Crippen LogP contribution >= 0.6 is 11.3 Å². The zero-order valence-corrected chi connectivity index (χ0v) is 14.1. The SMILES string of the molecule is CCOc1ccc2nc(NC(=O)CN(C)S(C)(=O)=O)sc2c1. The van der Waals surface area contributed by atoms with Crippen molar-refractivity contribution in [2.45, 2.75) is 6.92 Å². The van der Waals surface area contributed by atoms with Crippen LogP contribution in [-0.4, -0.2) is 50.1 Å². The molecule has 0 bridgehead atoms. The molecule has 0 atom stereocenters. The summed E-state index contributed by atoms with van der Waals surface area (Å²) in [6, 6.07) is 5.48. The molecule has 0 fully saturated rings. The molecule has 120 valence electrons. The first-order valence-electron chi connectivity index (χ1n) is 6.54. The second-order valence-electron chi connectivity index (χ2n) is 4.65. The van der Waals surface area contributed by atoms with Gasteiger partial charge in [0.2, 0.25) is 15.9 Å². The van der Waals surface area contributed by atoms with Crippen molar-refractivity contribution >= 4 is 42.6 Å². The summed E-state index contributed by atoms with van der Waals surface area (Å²) < 4.78 is 29.8. The molecule has 0 saturated heterocycles. The number of nitrogens with one attached hydrogen (secondary N) is 1. The number of hydrogen-bond acceptors (Lipinski definition) is 6. The Hall–Kier alpha value is -1.71. The fourth-order valence-corrected chi connectivity index (χ4v) is 2.96. The number of fused-ring (bicyclic) bond motifs is 1. The Kier molecular flexibility index (Phi) is 4.99. The summed E-state index contributed by atoms with van der Waals surface area (Å²) in [5.74, 6) is 0.311. The van der Waals surface area contributed by atoms with Gasteiger partial charge in [0.1, 0.15) is 5.75 Å². The van der Waals surface area contributed by atoms with Crippen molar-refractivity contribution in [2.24, 2.45) is 0 Å². The highest BCUT2D eigenvalue weighted by molar-refractivity contribution is 7.88. The van der Waals surface area contributed by atoms with Crippen LogP contribution in [0, 0.1) is 0 Å². The molecule has 1 aromatic carbocycles. The summed E-state index contributed by atoms with van der Waals surface area (Å²) in [5, 5.41) is 3.03. The molecule has 2 rings (SSSR count). The van der Waals surface area contributed by atoms with E-state index in [9.17, 15) is 13.2 Å². The van der Waals surface area contributed by atoms with Gasteiger partial charge >= 0.3 is 0 Å². The summed E-state index contributed by atoms with van der Waals surface area (Å²) in [4.78, 5) is 16.1. The second-order valence-corrected chi connectivity index (χ2v) is 7.77. The van der Waals surface area contributed by atoms with Crippen LogP contribution in [0.1, 0.15) is 6.92 Å². The van der Waals surface area contributed by atoms with Crippen LogP contribution in [0.2, 0.25) is 0 Å². The highest BCUT2D eigenvalue weighted by Gasteiger charge is 2.16. The highest BCUT2D eigenvalue weighted by atomic mass is 32.2. The fourth-order valence-electron chi connectivity index (χ4n) is 1.69. The number of ether oxygens (including phenoxy) is 1. The molecule has 2 aromatic rings. The Labute approximate surface area is 133 Å². The number of anilines is 1. The van der Waals surface area contributed by atoms with Gasteiger partial charge in [0.05, 0.1) is 29.6 Å². The van der Waals surface area contributed by atoms with Crippen molar-refractivity contribution in [3.63, 3.8) is 0 Å². The lowest BCUT2D eigenvalue weighted by Gasteiger charge is -2.12. The lowest BCUT2D eigenvalue weighted by atomic mass is 10.3. The van der Waals surface area contributed by atoms with Gasteiger partial charge in [-0.2, -0.15) is 4.31 Å². The molecule has 0 radical (unpaired) electrons. The zero-order chi connectivity index (χ0) is 16.3. The molecular weight excluding hydrogens is 326 g/mol. The third-order valence-electron chi connectivity index (χ3n) is 2.85. The van der Waals surface area contributed by atoms with E-state index >= 15 is 0 Å². The Bertz CT molecular complexity index is 786. The number of thiazole rings is 1. The molecule has 0 saturated carbocycles. The molecule has 0 aliphatic carbocycles. The second kappa shape index (κ2) is 6.59. The van der Waals surface area contributed by atoms with Crippen molar-refractivity contribution in [1.29, 1.82) is 0 Å². The minimum absolute atomic E-state index is 0.251. The van der Waals surface area contributed by atoms with E-state index in [1.807, 2.05) is 25.1 Å². The molecule has 1 heterocycles. The van der Waals surface area contributed by atoms with Gasteiger partial charge < -0.3 is 10.1 Å². The van der Waals surface area contributed by atoms with Crippen molar-refractivity contribution < 1.29 is 17.9 Å². The standard InChI is InChI=1S/C13H17N3O4S2/c1-4-20-9-5-6-10-11(7-9)21-13(14-10)15-12(17)8-16(2)22(3,18)19/h5-7H,4,8H2,1-3H3,(H,14,15,17). The molecule has 1 N–H and O–H groups in total. The molecular formula is C13H17N3O4S2. The van der Waals surface area contributed by atoms with E-state index < -0.39 is 15.9 Å². The predicted octanol–water partition coefficient (Wildman–Crippen LogP) is 1.52. The van der Waals surface area contributed by atoms with E-state index in [1.165, 1.54) is 18.4 Å². The predicted molar refractivity (Wildman–Crippen MR) is 86.9 cm³/mol. The van der Waals surface area contributed by atoms with E-state index in [2.05, 4.69) is 10.3 Å². The van der Waals surface area contributed by atoms with Crippen LogP contribution in [0.3, 0.4) is 0 Å². The van der Waals surface area contributed by atoms with E-state index in [4.69, 9.17) is 4.74 Å². The van der Waals surface area contributed by atoms with Crippen LogP contribution in [0.4, 0.5) is 5.13 Å². The van der Waals surface area contributed by atoms with Crippen molar-refractivity contribution in [2.75, 3.05) is 31.8 Å². The number of carbonyl (C=O) groups excluding carboxylic acids is 1. The number of hydrogen-bond donors (Lipinski definition) is 1. The fraction of sp³-hybridized carbons (Fsp3) is 0.385. The smallest absolute Gasteiger partial charge is 0.241 e. The Morgan fingerprint density at radius 2 is 2.18 bits per heavy atom. The molecule has 7 nitrogen and oxygen atoms in total. The molecule has 1 aromatic heterocycles. The van der Waals surface area contributed by atoms with Crippen molar-refractivity contribution in [3.8, 4) is 5.75 Å². The maximum atomic E-state index is 11.8. The van der Waals surface area contributed by atoms with E-state index in [0.29, 0.717) is 11.7 Å². The summed E-state index contributed by atoms with van der Waals surface area (Å²) >= 11 is 1.31.